The van der Waals surface area contributed by atoms with Gasteiger partial charge in [-0.1, -0.05) is 57.4 Å². The van der Waals surface area contributed by atoms with Crippen LogP contribution in [0.4, 0.5) is 0 Å². The number of pyridine rings is 1. The molecule has 1 aromatic carbocycles. The number of unbranched alkanes of at least 4 members (excludes halogenated alkanes) is 3. The molecule has 1 N–H and O–H groups in total. The number of carboxylic acid groups (broad SMARTS) is 1. The molecule has 3 rings (SSSR count). The molecule has 0 fully saturated rings. The van der Waals surface area contributed by atoms with Crippen molar-refractivity contribution in [3.05, 3.63) is 65.5 Å². The van der Waals surface area contributed by atoms with Crippen LogP contribution in [0.1, 0.15) is 79.9 Å². The molecule has 0 aliphatic rings. The van der Waals surface area contributed by atoms with E-state index in [1.54, 1.807) is 26.5 Å². The van der Waals surface area contributed by atoms with Crippen LogP contribution in [0.2, 0.25) is 0 Å². The van der Waals surface area contributed by atoms with Crippen LogP contribution < -0.4 is 0 Å². The highest BCUT2D eigenvalue weighted by Gasteiger charge is 2.37. The van der Waals surface area contributed by atoms with Gasteiger partial charge in [-0.25, -0.2) is 14.5 Å². The molecule has 0 spiro atoms. The van der Waals surface area contributed by atoms with Crippen molar-refractivity contribution in [3.8, 4) is 11.1 Å². The number of aryl methyl sites for hydroxylation is 1. The average molecular weight is 481 g/mol. The molecule has 0 bridgehead atoms. The molecule has 3 aromatic rings. The van der Waals surface area contributed by atoms with Crippen molar-refractivity contribution >= 4 is 5.97 Å². The summed E-state index contributed by atoms with van der Waals surface area (Å²) in [6.45, 7) is 4.86. The van der Waals surface area contributed by atoms with Gasteiger partial charge in [-0.15, -0.1) is 5.10 Å². The summed E-state index contributed by atoms with van der Waals surface area (Å²) in [4.78, 5) is 20.4. The van der Waals surface area contributed by atoms with Crippen LogP contribution in [0.5, 0.6) is 0 Å². The first-order valence-electron chi connectivity index (χ1n) is 12.3. The summed E-state index contributed by atoms with van der Waals surface area (Å²) < 4.78 is 13.5. The third kappa shape index (κ3) is 6.32. The van der Waals surface area contributed by atoms with E-state index in [4.69, 9.17) is 19.6 Å². The van der Waals surface area contributed by atoms with Crippen LogP contribution in [0.3, 0.4) is 0 Å². The van der Waals surface area contributed by atoms with Crippen LogP contribution in [0.15, 0.2) is 42.7 Å². The normalized spacial score (nSPS) is 11.7. The van der Waals surface area contributed by atoms with Gasteiger partial charge in [-0.2, -0.15) is 0 Å². The quantitative estimate of drug-likeness (QED) is 0.242. The van der Waals surface area contributed by atoms with E-state index >= 15 is 0 Å². The molecule has 0 amide bonds. The maximum absolute atomic E-state index is 11.6. The van der Waals surface area contributed by atoms with Gasteiger partial charge in [0.15, 0.2) is 0 Å². The summed E-state index contributed by atoms with van der Waals surface area (Å²) in [6, 6.07) is 9.58. The van der Waals surface area contributed by atoms with Gasteiger partial charge in [0.05, 0.1) is 12.1 Å². The number of hydrogen-bond donors (Lipinski definition) is 1. The van der Waals surface area contributed by atoms with Crippen molar-refractivity contribution in [2.24, 2.45) is 0 Å². The zero-order chi connectivity index (χ0) is 25.3. The fraction of sp³-hybridized carbons (Fsp3) is 0.481. The van der Waals surface area contributed by atoms with Crippen molar-refractivity contribution in [3.63, 3.8) is 0 Å². The number of aromatic nitrogens is 4. The number of rotatable bonds is 14. The van der Waals surface area contributed by atoms with E-state index < -0.39 is 11.8 Å². The first kappa shape index (κ1) is 26.5. The maximum Gasteiger partial charge on any atom is 0.337 e. The van der Waals surface area contributed by atoms with E-state index in [0.717, 1.165) is 55.5 Å². The number of ether oxygens (including phenoxy) is 2. The summed E-state index contributed by atoms with van der Waals surface area (Å²) in [5.74, 6) is -0.484. The average Bonchev–Trinajstić information content (AvgIpc) is 3.28. The van der Waals surface area contributed by atoms with Gasteiger partial charge in [0, 0.05) is 39.5 Å². The van der Waals surface area contributed by atoms with Gasteiger partial charge in [0.2, 0.25) is 11.6 Å². The Hall–Kier alpha value is -3.10. The Labute approximate surface area is 207 Å². The fourth-order valence-corrected chi connectivity index (χ4v) is 4.15. The Morgan fingerprint density at radius 2 is 1.74 bits per heavy atom. The van der Waals surface area contributed by atoms with Gasteiger partial charge < -0.3 is 14.6 Å². The molecule has 0 saturated heterocycles. The lowest BCUT2D eigenvalue weighted by Gasteiger charge is -2.27. The second-order valence-corrected chi connectivity index (χ2v) is 8.65. The summed E-state index contributed by atoms with van der Waals surface area (Å²) >= 11 is 0. The molecular weight excluding hydrogens is 444 g/mol. The van der Waals surface area contributed by atoms with E-state index in [9.17, 15) is 9.90 Å². The van der Waals surface area contributed by atoms with Gasteiger partial charge in [-0.05, 0) is 35.6 Å². The minimum Gasteiger partial charge on any atom is -0.478 e. The van der Waals surface area contributed by atoms with Crippen molar-refractivity contribution in [2.75, 3.05) is 14.2 Å². The van der Waals surface area contributed by atoms with Crippen molar-refractivity contribution < 1.29 is 19.4 Å². The third-order valence-corrected chi connectivity index (χ3v) is 6.26. The summed E-state index contributed by atoms with van der Waals surface area (Å²) in [7, 11) is 3.28. The molecule has 0 saturated carbocycles. The zero-order valence-electron chi connectivity index (χ0n) is 21.2. The Morgan fingerprint density at radius 3 is 2.37 bits per heavy atom. The second kappa shape index (κ2) is 12.6. The lowest BCUT2D eigenvalue weighted by atomic mass is 10.0. The Balaban J connectivity index is 1.90. The van der Waals surface area contributed by atoms with Gasteiger partial charge >= 0.3 is 5.97 Å². The predicted molar refractivity (Wildman–Crippen MR) is 134 cm³/mol. The molecule has 8 nitrogen and oxygen atoms in total. The highest BCUT2D eigenvalue weighted by molar-refractivity contribution is 5.95. The van der Waals surface area contributed by atoms with Crippen molar-refractivity contribution in [2.45, 2.75) is 71.1 Å². The molecule has 0 aliphatic heterocycles. The molecule has 0 atom stereocenters. The molecular formula is C27H36N4O4. The number of carbonyl (C=O) groups is 1. The van der Waals surface area contributed by atoms with Gasteiger partial charge in [0.1, 0.15) is 5.82 Å². The van der Waals surface area contributed by atoms with Crippen LogP contribution in [-0.4, -0.2) is 45.0 Å². The molecule has 2 heterocycles. The number of benzene rings is 1. The molecule has 2 aromatic heterocycles. The third-order valence-electron chi connectivity index (χ3n) is 6.26. The maximum atomic E-state index is 11.6. The van der Waals surface area contributed by atoms with Crippen LogP contribution in [-0.2, 0) is 28.2 Å². The van der Waals surface area contributed by atoms with Crippen LogP contribution in [0.25, 0.3) is 11.1 Å². The lowest BCUT2D eigenvalue weighted by molar-refractivity contribution is -0.226. The molecule has 0 unspecified atom stereocenters. The Kier molecular flexibility index (Phi) is 9.51. The highest BCUT2D eigenvalue weighted by atomic mass is 16.7. The van der Waals surface area contributed by atoms with E-state index in [2.05, 4.69) is 18.8 Å². The number of carboxylic acids is 1. The Morgan fingerprint density at radius 1 is 1.03 bits per heavy atom. The number of nitrogens with zero attached hydrogens (tertiary/aromatic N) is 4. The smallest absolute Gasteiger partial charge is 0.337 e. The van der Waals surface area contributed by atoms with E-state index in [-0.39, 0.29) is 5.56 Å². The molecule has 35 heavy (non-hydrogen) atoms. The molecule has 0 aliphatic carbocycles. The molecule has 0 radical (unpaired) electrons. The summed E-state index contributed by atoms with van der Waals surface area (Å²) in [5.41, 5.74) is 2.69. The number of aromatic carboxylic acids is 1. The second-order valence-electron chi connectivity index (χ2n) is 8.65. The Bertz CT molecular complexity index is 1090. The minimum atomic E-state index is -0.994. The highest BCUT2D eigenvalue weighted by Crippen LogP contribution is 2.30. The van der Waals surface area contributed by atoms with E-state index in [1.165, 1.54) is 6.20 Å². The topological polar surface area (TPSA) is 99.4 Å². The first-order valence-corrected chi connectivity index (χ1v) is 12.3. The molecule has 8 heteroatoms. The fourth-order valence-electron chi connectivity index (χ4n) is 4.15. The van der Waals surface area contributed by atoms with Crippen LogP contribution >= 0.6 is 0 Å². The van der Waals surface area contributed by atoms with E-state index in [1.807, 2.05) is 28.9 Å². The minimum absolute atomic E-state index is 0.182. The van der Waals surface area contributed by atoms with Crippen LogP contribution in [0, 0.1) is 0 Å². The van der Waals surface area contributed by atoms with Crippen molar-refractivity contribution in [1.82, 2.24) is 19.7 Å². The number of methoxy groups -OCH3 is 2. The monoisotopic (exact) mass is 480 g/mol. The standard InChI is InChI=1S/C27H36N4O4/c1-5-7-9-10-24-29-26(27(34-3,35-4)16-8-6-2)30-31(24)19-20-11-13-21(14-12-20)22-15-17-28-18-23(22)25(32)33/h11-15,17-18H,5-10,16,19H2,1-4H3,(H,32,33). The summed E-state index contributed by atoms with van der Waals surface area (Å²) in [5, 5.41) is 14.3. The predicted octanol–water partition coefficient (Wildman–Crippen LogP) is 5.46. The van der Waals surface area contributed by atoms with E-state index in [0.29, 0.717) is 24.4 Å². The van der Waals surface area contributed by atoms with Crippen molar-refractivity contribution in [1.29, 1.82) is 0 Å². The largest absolute Gasteiger partial charge is 0.478 e. The summed E-state index contributed by atoms with van der Waals surface area (Å²) in [6.07, 6.45) is 9.75. The molecule has 188 valence electrons. The SMILES string of the molecule is CCCCCc1nc(C(CCCC)(OC)OC)nn1Cc1ccc(-c2ccncc2C(=O)O)cc1. The zero-order valence-corrected chi connectivity index (χ0v) is 21.2. The van der Waals surface area contributed by atoms with Gasteiger partial charge in [-0.3, -0.25) is 4.98 Å². The number of hydrogen-bond acceptors (Lipinski definition) is 6. The lowest BCUT2D eigenvalue weighted by Crippen LogP contribution is -2.32. The van der Waals surface area contributed by atoms with Gasteiger partial charge in [0.25, 0.3) is 0 Å². The first-order chi connectivity index (χ1) is 17.0.